The number of nitrogens with one attached hydrogen (secondary N) is 1. The number of carbonyl (C=O) groups is 2. The third-order valence-electron chi connectivity index (χ3n) is 3.40. The summed E-state index contributed by atoms with van der Waals surface area (Å²) >= 11 is 1.28. The molecule has 0 bridgehead atoms. The van der Waals surface area contributed by atoms with Gasteiger partial charge in [0.1, 0.15) is 24.4 Å². The van der Waals surface area contributed by atoms with Crippen LogP contribution in [0.4, 0.5) is 0 Å². The fourth-order valence-electron chi connectivity index (χ4n) is 2.20. The molecule has 0 spiro atoms. The first-order valence-electron chi connectivity index (χ1n) is 6.55. The van der Waals surface area contributed by atoms with Crippen LogP contribution in [0.25, 0.3) is 0 Å². The number of aliphatic hydroxyl groups excluding tert-OH is 3. The molecule has 8 nitrogen and oxygen atoms in total. The number of hydrogen-bond donors (Lipinski definition) is 5. The summed E-state index contributed by atoms with van der Waals surface area (Å²) in [6.07, 6.45) is -3.55. The van der Waals surface area contributed by atoms with Crippen molar-refractivity contribution in [2.45, 2.75) is 44.0 Å². The lowest BCUT2D eigenvalue weighted by Gasteiger charge is -2.25. The van der Waals surface area contributed by atoms with Gasteiger partial charge in [-0.3, -0.25) is 4.79 Å². The van der Waals surface area contributed by atoms with Crippen LogP contribution in [0.2, 0.25) is 0 Å². The monoisotopic (exact) mass is 323 g/mol. The molecule has 122 valence electrons. The van der Waals surface area contributed by atoms with Gasteiger partial charge in [-0.05, 0) is 12.7 Å². The first-order valence-corrected chi connectivity index (χ1v) is 7.94. The van der Waals surface area contributed by atoms with Crippen molar-refractivity contribution in [1.29, 1.82) is 0 Å². The van der Waals surface area contributed by atoms with Crippen molar-refractivity contribution in [2.75, 3.05) is 12.0 Å². The molecule has 1 amide bonds. The van der Waals surface area contributed by atoms with Gasteiger partial charge >= 0.3 is 5.97 Å². The summed E-state index contributed by atoms with van der Waals surface area (Å²) in [4.78, 5) is 23.2. The lowest BCUT2D eigenvalue weighted by molar-refractivity contribution is -0.151. The number of ether oxygens (including phenoxy) is 1. The maximum atomic E-state index is 12.2. The zero-order valence-corrected chi connectivity index (χ0v) is 12.6. The number of aliphatic hydroxyl groups is 3. The Hall–Kier alpha value is -0.870. The van der Waals surface area contributed by atoms with Gasteiger partial charge in [0.15, 0.2) is 6.29 Å². The van der Waals surface area contributed by atoms with Crippen LogP contribution in [0.1, 0.15) is 13.3 Å². The van der Waals surface area contributed by atoms with E-state index in [2.05, 4.69) is 5.32 Å². The van der Waals surface area contributed by atoms with E-state index in [9.17, 15) is 24.9 Å². The maximum absolute atomic E-state index is 12.2. The van der Waals surface area contributed by atoms with Gasteiger partial charge < -0.3 is 30.5 Å². The second-order valence-corrected chi connectivity index (χ2v) is 5.75. The number of thioether (sulfide) groups is 1. The van der Waals surface area contributed by atoms with Gasteiger partial charge in [-0.25, -0.2) is 4.79 Å². The van der Waals surface area contributed by atoms with E-state index in [1.165, 1.54) is 11.8 Å². The Morgan fingerprint density at radius 1 is 1.29 bits per heavy atom. The van der Waals surface area contributed by atoms with Crippen molar-refractivity contribution < 1.29 is 34.8 Å². The Morgan fingerprint density at radius 2 is 1.90 bits per heavy atom. The van der Waals surface area contributed by atoms with Crippen molar-refractivity contribution in [3.63, 3.8) is 0 Å². The number of hydrogen-bond acceptors (Lipinski definition) is 7. The molecular weight excluding hydrogens is 302 g/mol. The molecule has 1 saturated heterocycles. The molecule has 0 aromatic rings. The number of aliphatic carboxylic acids is 1. The second kappa shape index (κ2) is 7.95. The summed E-state index contributed by atoms with van der Waals surface area (Å²) in [6, 6.07) is -1.05. The summed E-state index contributed by atoms with van der Waals surface area (Å²) in [5.74, 6) is -2.41. The number of carboxylic acids is 1. The minimum Gasteiger partial charge on any atom is -0.480 e. The van der Waals surface area contributed by atoms with Crippen molar-refractivity contribution in [1.82, 2.24) is 5.32 Å². The van der Waals surface area contributed by atoms with Crippen LogP contribution < -0.4 is 5.32 Å². The maximum Gasteiger partial charge on any atom is 0.327 e. The summed E-state index contributed by atoms with van der Waals surface area (Å²) in [5.41, 5.74) is 0. The molecule has 0 radical (unpaired) electrons. The largest absolute Gasteiger partial charge is 0.480 e. The zero-order valence-electron chi connectivity index (χ0n) is 11.8. The Labute approximate surface area is 126 Å². The topological polar surface area (TPSA) is 136 Å². The summed E-state index contributed by atoms with van der Waals surface area (Å²) in [7, 11) is 0. The van der Waals surface area contributed by atoms with Crippen LogP contribution in [0.5, 0.6) is 0 Å². The van der Waals surface area contributed by atoms with Crippen LogP contribution in [0, 0.1) is 5.92 Å². The molecule has 6 atom stereocenters. The van der Waals surface area contributed by atoms with Crippen molar-refractivity contribution in [3.8, 4) is 0 Å². The van der Waals surface area contributed by atoms with Gasteiger partial charge in [0, 0.05) is 5.75 Å². The standard InChI is InChI=1S/C12H21NO7S/c1-3-5(9-7(14)8(15)12(19)20-9)10(16)13-6(4-21-2)11(17)18/h5-9,12,14-15,19H,3-4H2,1-2H3,(H,13,16)(H,17,18)/t5?,6-,7?,8?,9?,12?/m0/s1. The van der Waals surface area contributed by atoms with Crippen LogP contribution in [-0.4, -0.2) is 75.0 Å². The Bertz CT molecular complexity index is 381. The molecule has 1 fully saturated rings. The summed E-state index contributed by atoms with van der Waals surface area (Å²) in [5, 5.41) is 40.0. The lowest BCUT2D eigenvalue weighted by Crippen LogP contribution is -2.49. The minimum atomic E-state index is -1.56. The van der Waals surface area contributed by atoms with Crippen molar-refractivity contribution in [3.05, 3.63) is 0 Å². The molecule has 1 heterocycles. The Balaban J connectivity index is 2.75. The Kier molecular flexibility index (Phi) is 6.88. The molecule has 1 rings (SSSR count). The number of amides is 1. The lowest BCUT2D eigenvalue weighted by atomic mass is 9.93. The van der Waals surface area contributed by atoms with E-state index >= 15 is 0 Å². The van der Waals surface area contributed by atoms with Gasteiger partial charge in [0.25, 0.3) is 0 Å². The van der Waals surface area contributed by atoms with Gasteiger partial charge in [-0.15, -0.1) is 0 Å². The molecule has 0 saturated carbocycles. The highest BCUT2D eigenvalue weighted by Crippen LogP contribution is 2.27. The SMILES string of the molecule is CCC(C(=O)N[C@@H](CSC)C(=O)O)C1OC(O)C(O)C1O. The van der Waals surface area contributed by atoms with Crippen LogP contribution in [-0.2, 0) is 14.3 Å². The van der Waals surface area contributed by atoms with Crippen molar-refractivity contribution >= 4 is 23.6 Å². The first-order chi connectivity index (χ1) is 9.83. The highest BCUT2D eigenvalue weighted by atomic mass is 32.2. The van der Waals surface area contributed by atoms with Gasteiger partial charge in [-0.1, -0.05) is 6.92 Å². The first kappa shape index (κ1) is 18.2. The predicted octanol–water partition coefficient (Wildman–Crippen LogP) is -1.62. The van der Waals surface area contributed by atoms with E-state index in [1.54, 1.807) is 13.2 Å². The highest BCUT2D eigenvalue weighted by Gasteiger charge is 2.47. The molecule has 5 unspecified atom stereocenters. The number of carboxylic acid groups (broad SMARTS) is 1. The third kappa shape index (κ3) is 4.30. The number of rotatable bonds is 7. The zero-order chi connectivity index (χ0) is 16.2. The van der Waals surface area contributed by atoms with E-state index in [0.29, 0.717) is 0 Å². The van der Waals surface area contributed by atoms with E-state index in [0.717, 1.165) is 0 Å². The van der Waals surface area contributed by atoms with E-state index in [-0.39, 0.29) is 12.2 Å². The Morgan fingerprint density at radius 3 is 2.29 bits per heavy atom. The van der Waals surface area contributed by atoms with Crippen LogP contribution in [0.15, 0.2) is 0 Å². The molecule has 1 aliphatic heterocycles. The molecule has 21 heavy (non-hydrogen) atoms. The molecule has 0 aromatic carbocycles. The molecule has 9 heteroatoms. The molecule has 0 aliphatic carbocycles. The average Bonchev–Trinajstić information content (AvgIpc) is 2.67. The third-order valence-corrected chi connectivity index (χ3v) is 4.06. The molecular formula is C12H21NO7S. The van der Waals surface area contributed by atoms with Gasteiger partial charge in [0.2, 0.25) is 5.91 Å². The van der Waals surface area contributed by atoms with Crippen molar-refractivity contribution in [2.24, 2.45) is 5.92 Å². The molecule has 5 N–H and O–H groups in total. The fraction of sp³-hybridized carbons (Fsp3) is 0.833. The second-order valence-electron chi connectivity index (χ2n) is 4.84. The molecule has 1 aliphatic rings. The minimum absolute atomic E-state index is 0.205. The van der Waals surface area contributed by atoms with E-state index in [1.807, 2.05) is 0 Å². The highest BCUT2D eigenvalue weighted by molar-refractivity contribution is 7.98. The van der Waals surface area contributed by atoms with Gasteiger partial charge in [0.05, 0.1) is 5.92 Å². The summed E-state index contributed by atoms with van der Waals surface area (Å²) in [6.45, 7) is 1.67. The molecule has 0 aromatic heterocycles. The smallest absolute Gasteiger partial charge is 0.327 e. The normalized spacial score (nSPS) is 31.7. The van der Waals surface area contributed by atoms with E-state index < -0.39 is 48.4 Å². The number of carbonyl (C=O) groups excluding carboxylic acids is 1. The predicted molar refractivity (Wildman–Crippen MR) is 74.6 cm³/mol. The fourth-order valence-corrected chi connectivity index (χ4v) is 2.76. The van der Waals surface area contributed by atoms with Crippen LogP contribution in [0.3, 0.4) is 0 Å². The average molecular weight is 323 g/mol. The van der Waals surface area contributed by atoms with E-state index in [4.69, 9.17) is 9.84 Å². The summed E-state index contributed by atoms with van der Waals surface area (Å²) < 4.78 is 5.00. The quantitative estimate of drug-likeness (QED) is 0.377. The van der Waals surface area contributed by atoms with Gasteiger partial charge in [-0.2, -0.15) is 11.8 Å². The van der Waals surface area contributed by atoms with Crippen LogP contribution >= 0.6 is 11.8 Å².